The van der Waals surface area contributed by atoms with E-state index in [1.807, 2.05) is 29.3 Å². The molecule has 1 unspecified atom stereocenters. The monoisotopic (exact) mass is 499 g/mol. The van der Waals surface area contributed by atoms with Crippen molar-refractivity contribution < 1.29 is 9.53 Å². The second-order valence-electron chi connectivity index (χ2n) is 8.14. The molecule has 1 fully saturated rings. The van der Waals surface area contributed by atoms with Gasteiger partial charge in [0.2, 0.25) is 5.82 Å². The van der Waals surface area contributed by atoms with E-state index in [2.05, 4.69) is 62.2 Å². The molecule has 5 rings (SSSR count). The summed E-state index contributed by atoms with van der Waals surface area (Å²) in [5, 5.41) is 17.2. The predicted octanol–water partition coefficient (Wildman–Crippen LogP) is 4.53. The van der Waals surface area contributed by atoms with Crippen LogP contribution in [0.1, 0.15) is 29.3 Å². The Balaban J connectivity index is 1.36. The number of aromatic nitrogens is 4. The average Bonchev–Trinajstić information content (AvgIpc) is 3.60. The summed E-state index contributed by atoms with van der Waals surface area (Å²) < 4.78 is 5.24. The summed E-state index contributed by atoms with van der Waals surface area (Å²) in [5.41, 5.74) is 8.02. The van der Waals surface area contributed by atoms with E-state index in [1.165, 1.54) is 0 Å². The number of amides is 1. The summed E-state index contributed by atoms with van der Waals surface area (Å²) in [7, 11) is 1.58. The molecule has 1 saturated heterocycles. The quantitative estimate of drug-likeness (QED) is 0.382. The number of H-pyrrole nitrogens is 1. The summed E-state index contributed by atoms with van der Waals surface area (Å²) in [4.78, 5) is 17.3. The number of ether oxygens (including phenoxy) is 1. The van der Waals surface area contributed by atoms with E-state index in [1.54, 1.807) is 43.1 Å². The molecule has 1 amide bonds. The van der Waals surface area contributed by atoms with Gasteiger partial charge < -0.3 is 4.74 Å². The fraction of sp³-hybridized carbons (Fsp3) is 0.192. The van der Waals surface area contributed by atoms with Crippen molar-refractivity contribution in [2.75, 3.05) is 7.11 Å². The molecule has 0 bridgehead atoms. The van der Waals surface area contributed by atoms with Gasteiger partial charge in [-0.25, -0.2) is 5.43 Å². The Morgan fingerprint density at radius 3 is 2.61 bits per heavy atom. The molecular weight excluding hydrogens is 474 g/mol. The number of hydrogen-bond donors (Lipinski definition) is 2. The van der Waals surface area contributed by atoms with Gasteiger partial charge in [-0.1, -0.05) is 73.3 Å². The maximum absolute atomic E-state index is 12.9. The summed E-state index contributed by atoms with van der Waals surface area (Å²) in [6.45, 7) is 2.67. The lowest BCUT2D eigenvalue weighted by Crippen LogP contribution is -2.37. The van der Waals surface area contributed by atoms with Crippen molar-refractivity contribution in [3.63, 3.8) is 0 Å². The fourth-order valence-corrected chi connectivity index (χ4v) is 4.89. The highest BCUT2D eigenvalue weighted by molar-refractivity contribution is 8.14. The van der Waals surface area contributed by atoms with Gasteiger partial charge in [-0.3, -0.25) is 9.80 Å². The molecule has 1 aliphatic heterocycles. The van der Waals surface area contributed by atoms with E-state index in [0.29, 0.717) is 28.8 Å². The number of carbonyl (C=O) groups is 1. The van der Waals surface area contributed by atoms with Gasteiger partial charge in [0.25, 0.3) is 5.91 Å². The molecule has 4 aromatic rings. The van der Waals surface area contributed by atoms with Crippen LogP contribution in [-0.4, -0.2) is 49.2 Å². The van der Waals surface area contributed by atoms with Gasteiger partial charge in [0.1, 0.15) is 5.75 Å². The minimum atomic E-state index is -0.298. The second kappa shape index (κ2) is 10.7. The van der Waals surface area contributed by atoms with E-state index in [0.717, 1.165) is 28.7 Å². The Bertz CT molecular complexity index is 1370. The number of methoxy groups -OCH3 is 1. The lowest BCUT2D eigenvalue weighted by molar-refractivity contribution is 0.100. The van der Waals surface area contributed by atoms with Crippen LogP contribution in [0.5, 0.6) is 5.75 Å². The van der Waals surface area contributed by atoms with Gasteiger partial charge in [-0.2, -0.15) is 10.2 Å². The Hall–Kier alpha value is -4.02. The number of carbonyl (C=O) groups excluding carboxylic acids is 1. The van der Waals surface area contributed by atoms with Crippen LogP contribution in [0.3, 0.4) is 0 Å². The Morgan fingerprint density at radius 2 is 1.89 bits per heavy atom. The molecule has 1 aromatic heterocycles. The predicted molar refractivity (Wildman–Crippen MR) is 140 cm³/mol. The number of nitrogens with one attached hydrogen (secondary N) is 2. The van der Waals surface area contributed by atoms with Gasteiger partial charge in [0.15, 0.2) is 5.17 Å². The van der Waals surface area contributed by atoms with E-state index in [4.69, 9.17) is 4.74 Å². The summed E-state index contributed by atoms with van der Waals surface area (Å²) >= 11 is 1.56. The molecule has 36 heavy (non-hydrogen) atoms. The number of hydrogen-bond acceptors (Lipinski definition) is 7. The van der Waals surface area contributed by atoms with Crippen LogP contribution in [0.15, 0.2) is 77.8 Å². The molecule has 0 radical (unpaired) electrons. The van der Waals surface area contributed by atoms with Crippen molar-refractivity contribution in [3.05, 3.63) is 83.9 Å². The van der Waals surface area contributed by atoms with Crippen LogP contribution >= 0.6 is 11.8 Å². The minimum absolute atomic E-state index is 0.156. The molecular formula is C26H25N7O2S. The second-order valence-corrected chi connectivity index (χ2v) is 9.31. The normalized spacial score (nSPS) is 16.4. The van der Waals surface area contributed by atoms with Crippen LogP contribution in [0.25, 0.3) is 22.5 Å². The van der Waals surface area contributed by atoms with Crippen LogP contribution in [0, 0.1) is 0 Å². The zero-order chi connectivity index (χ0) is 24.9. The van der Waals surface area contributed by atoms with Crippen molar-refractivity contribution in [1.82, 2.24) is 31.1 Å². The zero-order valence-electron chi connectivity index (χ0n) is 19.9. The highest BCUT2D eigenvalue weighted by Gasteiger charge is 2.28. The molecule has 0 aliphatic carbocycles. The van der Waals surface area contributed by atoms with Crippen LogP contribution in [0.2, 0.25) is 0 Å². The maximum atomic E-state index is 12.9. The van der Waals surface area contributed by atoms with Crippen molar-refractivity contribution in [1.29, 1.82) is 0 Å². The fourth-order valence-electron chi connectivity index (χ4n) is 3.91. The first-order valence-corrected chi connectivity index (χ1v) is 12.4. The maximum Gasteiger partial charge on any atom is 0.279 e. The van der Waals surface area contributed by atoms with Gasteiger partial charge in [-0.05, 0) is 46.5 Å². The molecule has 182 valence electrons. The third kappa shape index (κ3) is 5.14. The summed E-state index contributed by atoms with van der Waals surface area (Å²) in [5.74, 6) is 0.885. The van der Waals surface area contributed by atoms with Crippen molar-refractivity contribution in [2.24, 2.45) is 4.99 Å². The molecule has 2 N–H and O–H groups in total. The average molecular weight is 500 g/mol. The number of aromatic amines is 1. The SMILES string of the molecule is CCC1NN(Cc2ccc(-c3ccccc3-c3nn[nH]n3)cc2)C(=NC(=O)c2cccc(OC)c2)S1. The van der Waals surface area contributed by atoms with Gasteiger partial charge in [0.05, 0.1) is 19.0 Å². The van der Waals surface area contributed by atoms with E-state index < -0.39 is 0 Å². The first-order chi connectivity index (χ1) is 17.6. The smallest absolute Gasteiger partial charge is 0.279 e. The Morgan fingerprint density at radius 1 is 1.08 bits per heavy atom. The third-order valence-corrected chi connectivity index (χ3v) is 7.03. The van der Waals surface area contributed by atoms with Gasteiger partial charge >= 0.3 is 0 Å². The zero-order valence-corrected chi connectivity index (χ0v) is 20.7. The highest BCUT2D eigenvalue weighted by atomic mass is 32.2. The van der Waals surface area contributed by atoms with Crippen LogP contribution in [-0.2, 0) is 6.54 Å². The topological polar surface area (TPSA) is 108 Å². The van der Waals surface area contributed by atoms with E-state index in [-0.39, 0.29) is 11.3 Å². The highest BCUT2D eigenvalue weighted by Crippen LogP contribution is 2.31. The number of aliphatic imine (C=N–C) groups is 1. The number of nitrogens with zero attached hydrogens (tertiary/aromatic N) is 5. The Labute approximate surface area is 212 Å². The van der Waals surface area contributed by atoms with E-state index in [9.17, 15) is 4.79 Å². The molecule has 3 aromatic carbocycles. The number of rotatable bonds is 7. The molecule has 0 saturated carbocycles. The van der Waals surface area contributed by atoms with Crippen LogP contribution < -0.4 is 10.2 Å². The molecule has 2 heterocycles. The van der Waals surface area contributed by atoms with Crippen molar-refractivity contribution in [2.45, 2.75) is 25.3 Å². The lowest BCUT2D eigenvalue weighted by Gasteiger charge is -2.19. The standard InChI is InChI=1S/C26H25N7O2S/c1-3-23-30-33(26(36-23)27-25(34)19-7-6-8-20(15-19)35-2)16-17-11-13-18(14-12-17)21-9-4-5-10-22(21)24-28-31-32-29-24/h4-15,23,30H,3,16H2,1-2H3,(H,28,29,31,32). The number of thioether (sulfide) groups is 1. The summed E-state index contributed by atoms with van der Waals surface area (Å²) in [6, 6.07) is 23.3. The van der Waals surface area contributed by atoms with E-state index >= 15 is 0 Å². The number of benzene rings is 3. The van der Waals surface area contributed by atoms with Crippen LogP contribution in [0.4, 0.5) is 0 Å². The first kappa shape index (κ1) is 23.7. The molecule has 9 nitrogen and oxygen atoms in total. The lowest BCUT2D eigenvalue weighted by atomic mass is 9.98. The third-order valence-electron chi connectivity index (χ3n) is 5.78. The Kier molecular flexibility index (Phi) is 7.06. The number of tetrazole rings is 1. The minimum Gasteiger partial charge on any atom is -0.497 e. The molecule has 10 heteroatoms. The molecule has 1 atom stereocenters. The largest absolute Gasteiger partial charge is 0.497 e. The molecule has 0 spiro atoms. The number of hydrazine groups is 1. The van der Waals surface area contributed by atoms with Crippen molar-refractivity contribution >= 4 is 22.8 Å². The van der Waals surface area contributed by atoms with Gasteiger partial charge in [0, 0.05) is 11.1 Å². The first-order valence-electron chi connectivity index (χ1n) is 11.5. The van der Waals surface area contributed by atoms with Crippen molar-refractivity contribution in [3.8, 4) is 28.3 Å². The summed E-state index contributed by atoms with van der Waals surface area (Å²) in [6.07, 6.45) is 0.902. The number of amidine groups is 1. The molecule has 1 aliphatic rings. The van der Waals surface area contributed by atoms with Gasteiger partial charge in [-0.15, -0.1) is 10.2 Å².